The molecule has 1 rings (SSSR count). The molecular weight excluding hydrogens is 281 g/mol. The van der Waals surface area contributed by atoms with Gasteiger partial charge in [-0.05, 0) is 37.5 Å². The Bertz CT molecular complexity index is 342. The summed E-state index contributed by atoms with van der Waals surface area (Å²) >= 11 is 0. The molecule has 0 aromatic carbocycles. The second-order valence-corrected chi connectivity index (χ2v) is 7.39. The van der Waals surface area contributed by atoms with E-state index in [1.807, 2.05) is 0 Å². The van der Waals surface area contributed by atoms with E-state index >= 15 is 0 Å². The summed E-state index contributed by atoms with van der Waals surface area (Å²) in [5.41, 5.74) is 6.00. The molecule has 6 heteroatoms. The van der Waals surface area contributed by atoms with E-state index in [2.05, 4.69) is 26.1 Å². The van der Waals surface area contributed by atoms with Crippen molar-refractivity contribution < 1.29 is 18.0 Å². The zero-order chi connectivity index (χ0) is 16.3. The van der Waals surface area contributed by atoms with Gasteiger partial charge in [-0.3, -0.25) is 4.79 Å². The third-order valence-corrected chi connectivity index (χ3v) is 3.88. The highest BCUT2D eigenvalue weighted by Crippen LogP contribution is 2.37. The van der Waals surface area contributed by atoms with Crippen LogP contribution in [0, 0.1) is 11.3 Å². The molecule has 1 aliphatic carbocycles. The quantitative estimate of drug-likeness (QED) is 0.836. The summed E-state index contributed by atoms with van der Waals surface area (Å²) in [6.07, 6.45) is -2.15. The molecule has 0 aromatic heterocycles. The zero-order valence-corrected chi connectivity index (χ0v) is 13.1. The zero-order valence-electron chi connectivity index (χ0n) is 13.1. The Morgan fingerprint density at radius 3 is 2.14 bits per heavy atom. The summed E-state index contributed by atoms with van der Waals surface area (Å²) in [5, 5.41) is 2.82. The van der Waals surface area contributed by atoms with Crippen molar-refractivity contribution in [2.24, 2.45) is 17.1 Å². The number of amides is 1. The number of hydrogen-bond acceptors (Lipinski definition) is 2. The van der Waals surface area contributed by atoms with E-state index in [0.29, 0.717) is 12.8 Å². The first-order chi connectivity index (χ1) is 9.47. The van der Waals surface area contributed by atoms with E-state index in [9.17, 15) is 18.0 Å². The number of halogens is 3. The number of nitrogens with two attached hydrogens (primary N) is 1. The molecule has 1 saturated carbocycles. The number of hydrogen-bond donors (Lipinski definition) is 2. The monoisotopic (exact) mass is 308 g/mol. The average Bonchev–Trinajstić information content (AvgIpc) is 2.25. The first-order valence-electron chi connectivity index (χ1n) is 7.59. The van der Waals surface area contributed by atoms with E-state index < -0.39 is 12.1 Å². The van der Waals surface area contributed by atoms with Gasteiger partial charge in [0.2, 0.25) is 5.91 Å². The Labute approximate surface area is 124 Å². The minimum atomic E-state index is -4.11. The van der Waals surface area contributed by atoms with Crippen LogP contribution >= 0.6 is 0 Å². The molecule has 0 aliphatic heterocycles. The van der Waals surface area contributed by atoms with E-state index in [4.69, 9.17) is 5.73 Å². The van der Waals surface area contributed by atoms with Crippen molar-refractivity contribution in [2.45, 2.75) is 77.6 Å². The number of nitrogens with one attached hydrogen (secondary N) is 1. The Balaban J connectivity index is 2.31. The minimum Gasteiger partial charge on any atom is -0.353 e. The molecule has 0 radical (unpaired) electrons. The van der Waals surface area contributed by atoms with Gasteiger partial charge in [0, 0.05) is 18.5 Å². The Kier molecular flexibility index (Phi) is 6.08. The lowest BCUT2D eigenvalue weighted by Gasteiger charge is -2.30. The lowest BCUT2D eigenvalue weighted by molar-refractivity contribution is -0.182. The normalized spacial score (nSPS) is 25.5. The molecule has 1 amide bonds. The smallest absolute Gasteiger partial charge is 0.353 e. The fourth-order valence-corrected chi connectivity index (χ4v) is 2.95. The molecule has 21 heavy (non-hydrogen) atoms. The number of carbonyl (C=O) groups is 1. The predicted molar refractivity (Wildman–Crippen MR) is 76.6 cm³/mol. The third-order valence-electron chi connectivity index (χ3n) is 3.88. The van der Waals surface area contributed by atoms with Gasteiger partial charge in [0.25, 0.3) is 0 Å². The summed E-state index contributed by atoms with van der Waals surface area (Å²) in [6, 6.07) is -0.352. The van der Waals surface area contributed by atoms with Gasteiger partial charge in [-0.1, -0.05) is 20.8 Å². The van der Waals surface area contributed by atoms with Crippen LogP contribution in [0.4, 0.5) is 13.2 Å². The molecule has 0 aromatic rings. The van der Waals surface area contributed by atoms with Crippen LogP contribution in [0.15, 0.2) is 0 Å². The molecular formula is C15H27F3N2O. The Hall–Kier alpha value is -0.780. The van der Waals surface area contributed by atoms with Crippen molar-refractivity contribution in [3.05, 3.63) is 0 Å². The van der Waals surface area contributed by atoms with Gasteiger partial charge in [-0.25, -0.2) is 0 Å². The van der Waals surface area contributed by atoms with Gasteiger partial charge in [0.1, 0.15) is 0 Å². The van der Waals surface area contributed by atoms with Gasteiger partial charge in [0.15, 0.2) is 0 Å². The van der Waals surface area contributed by atoms with Crippen molar-refractivity contribution in [2.75, 3.05) is 0 Å². The highest BCUT2D eigenvalue weighted by molar-refractivity contribution is 5.76. The maximum atomic E-state index is 12.6. The van der Waals surface area contributed by atoms with Crippen LogP contribution in [0.2, 0.25) is 0 Å². The SMILES string of the molecule is CC(C)(C)CC(N)CC(=O)NC1CCC(C(F)(F)F)CC1. The third kappa shape index (κ3) is 7.16. The first-order valence-corrected chi connectivity index (χ1v) is 7.59. The van der Waals surface area contributed by atoms with Crippen LogP contribution < -0.4 is 11.1 Å². The van der Waals surface area contributed by atoms with Crippen LogP contribution in [-0.4, -0.2) is 24.2 Å². The van der Waals surface area contributed by atoms with Gasteiger partial charge < -0.3 is 11.1 Å². The largest absolute Gasteiger partial charge is 0.391 e. The van der Waals surface area contributed by atoms with Crippen LogP contribution in [0.1, 0.15) is 59.3 Å². The van der Waals surface area contributed by atoms with E-state index in [-0.39, 0.29) is 42.7 Å². The van der Waals surface area contributed by atoms with Gasteiger partial charge in [-0.15, -0.1) is 0 Å². The van der Waals surface area contributed by atoms with E-state index in [1.54, 1.807) is 0 Å². The number of carbonyl (C=O) groups excluding carboxylic acids is 1. The maximum Gasteiger partial charge on any atom is 0.391 e. The molecule has 3 N–H and O–H groups in total. The van der Waals surface area contributed by atoms with E-state index in [0.717, 1.165) is 6.42 Å². The average molecular weight is 308 g/mol. The van der Waals surface area contributed by atoms with Gasteiger partial charge >= 0.3 is 6.18 Å². The van der Waals surface area contributed by atoms with Gasteiger partial charge in [0.05, 0.1) is 5.92 Å². The van der Waals surface area contributed by atoms with Crippen LogP contribution in [0.3, 0.4) is 0 Å². The van der Waals surface area contributed by atoms with Crippen LogP contribution in [0.5, 0.6) is 0 Å². The molecule has 0 heterocycles. The lowest BCUT2D eigenvalue weighted by Crippen LogP contribution is -2.42. The molecule has 0 saturated heterocycles. The summed E-state index contributed by atoms with van der Waals surface area (Å²) in [4.78, 5) is 11.9. The Morgan fingerprint density at radius 2 is 1.71 bits per heavy atom. The highest BCUT2D eigenvalue weighted by Gasteiger charge is 2.41. The van der Waals surface area contributed by atoms with Crippen molar-refractivity contribution in [3.8, 4) is 0 Å². The molecule has 1 unspecified atom stereocenters. The summed E-state index contributed by atoms with van der Waals surface area (Å²) in [7, 11) is 0. The second-order valence-electron chi connectivity index (χ2n) is 7.39. The van der Waals surface area contributed by atoms with Gasteiger partial charge in [-0.2, -0.15) is 13.2 Å². The molecule has 124 valence electrons. The number of rotatable bonds is 4. The van der Waals surface area contributed by atoms with Crippen molar-refractivity contribution in [1.29, 1.82) is 0 Å². The summed E-state index contributed by atoms with van der Waals surface area (Å²) in [6.45, 7) is 6.18. The topological polar surface area (TPSA) is 55.1 Å². The Morgan fingerprint density at radius 1 is 1.19 bits per heavy atom. The molecule has 0 spiro atoms. The van der Waals surface area contributed by atoms with Crippen molar-refractivity contribution in [1.82, 2.24) is 5.32 Å². The standard InChI is InChI=1S/C15H27F3N2O/c1-14(2,3)9-11(19)8-13(21)20-12-6-4-10(5-7-12)15(16,17)18/h10-12H,4-9,19H2,1-3H3,(H,20,21). The second kappa shape index (κ2) is 6.99. The molecule has 1 aliphatic rings. The maximum absolute atomic E-state index is 12.6. The fraction of sp³-hybridized carbons (Fsp3) is 0.933. The first kappa shape index (κ1) is 18.3. The fourth-order valence-electron chi connectivity index (χ4n) is 2.95. The highest BCUT2D eigenvalue weighted by atomic mass is 19.4. The molecule has 1 fully saturated rings. The molecule has 0 bridgehead atoms. The molecule has 3 nitrogen and oxygen atoms in total. The summed E-state index contributed by atoms with van der Waals surface area (Å²) < 4.78 is 37.7. The predicted octanol–water partition coefficient (Wildman–Crippen LogP) is 3.38. The van der Waals surface area contributed by atoms with E-state index in [1.165, 1.54) is 0 Å². The van der Waals surface area contributed by atoms with Crippen molar-refractivity contribution >= 4 is 5.91 Å². The molecule has 1 atom stereocenters. The van der Waals surface area contributed by atoms with Crippen LogP contribution in [-0.2, 0) is 4.79 Å². The lowest BCUT2D eigenvalue weighted by atomic mass is 9.85. The van der Waals surface area contributed by atoms with Crippen LogP contribution in [0.25, 0.3) is 0 Å². The van der Waals surface area contributed by atoms with Crippen molar-refractivity contribution in [3.63, 3.8) is 0 Å². The number of alkyl halides is 3. The summed E-state index contributed by atoms with van der Waals surface area (Å²) in [5.74, 6) is -1.36. The minimum absolute atomic E-state index is 0.0600.